The number of hydrogen-bond donors (Lipinski definition) is 2. The first-order valence-corrected chi connectivity index (χ1v) is 15.9. The summed E-state index contributed by atoms with van der Waals surface area (Å²) in [6, 6.07) is 20.1. The predicted molar refractivity (Wildman–Crippen MR) is 159 cm³/mol. The fourth-order valence-electron chi connectivity index (χ4n) is 2.85. The molecule has 2 aromatic carbocycles. The Bertz CT molecular complexity index is 1190. The Morgan fingerprint density at radius 3 is 2.18 bits per heavy atom. The zero-order chi connectivity index (χ0) is 28.4. The molecule has 0 bridgehead atoms. The van der Waals surface area contributed by atoms with Gasteiger partial charge in [0.2, 0.25) is 10.0 Å². The summed E-state index contributed by atoms with van der Waals surface area (Å²) in [5.41, 5.74) is 2.40. The van der Waals surface area contributed by atoms with Gasteiger partial charge >= 0.3 is 5.97 Å². The van der Waals surface area contributed by atoms with Crippen molar-refractivity contribution in [3.8, 4) is 10.4 Å². The lowest BCUT2D eigenvalue weighted by Crippen LogP contribution is -2.25. The molecule has 0 saturated heterocycles. The minimum Gasteiger partial charge on any atom is -0.391 e. The van der Waals surface area contributed by atoms with E-state index in [2.05, 4.69) is 43.4 Å². The molecule has 0 unspecified atom stereocenters. The average molecular weight is 579 g/mol. The fraction of sp³-hybridized carbons (Fsp3) is 0.357. The number of nitrogens with one attached hydrogen (secondary N) is 1. The van der Waals surface area contributed by atoms with E-state index in [0.29, 0.717) is 4.88 Å². The van der Waals surface area contributed by atoms with E-state index >= 15 is 0 Å². The number of benzene rings is 2. The second-order valence-electron chi connectivity index (χ2n) is 7.71. The Labute approximate surface area is 235 Å². The van der Waals surface area contributed by atoms with Crippen LogP contribution in [-0.4, -0.2) is 32.6 Å². The quantitative estimate of drug-likeness (QED) is 0.200. The summed E-state index contributed by atoms with van der Waals surface area (Å²) in [6.07, 6.45) is 3.29. The number of carbonyl (C=O) groups excluding carboxylic acids is 2. The monoisotopic (exact) mass is 578 g/mol. The molecule has 0 spiro atoms. The van der Waals surface area contributed by atoms with Crippen LogP contribution in [0.3, 0.4) is 0 Å². The van der Waals surface area contributed by atoms with E-state index in [4.69, 9.17) is 9.32 Å². The van der Waals surface area contributed by atoms with Crippen LogP contribution in [0.25, 0.3) is 10.4 Å². The maximum absolute atomic E-state index is 12.2. The summed E-state index contributed by atoms with van der Waals surface area (Å²) in [6.45, 7) is 8.50. The van der Waals surface area contributed by atoms with E-state index in [1.165, 1.54) is 41.1 Å². The minimum atomic E-state index is -3.50. The predicted octanol–water partition coefficient (Wildman–Crippen LogP) is 6.45. The molecular weight excluding hydrogens is 541 g/mol. The Balaban J connectivity index is 0.000000501. The number of sulfonamides is 1. The molecule has 208 valence electrons. The van der Waals surface area contributed by atoms with E-state index < -0.39 is 10.0 Å². The van der Waals surface area contributed by atoms with Gasteiger partial charge in [0.1, 0.15) is 0 Å². The first kappa shape index (κ1) is 33.4. The fourth-order valence-corrected chi connectivity index (χ4v) is 5.02. The number of aryl methyl sites for hydroxylation is 1. The van der Waals surface area contributed by atoms with Crippen molar-refractivity contribution in [3.05, 3.63) is 77.2 Å². The third-order valence-corrected chi connectivity index (χ3v) is 7.72. The van der Waals surface area contributed by atoms with E-state index in [0.717, 1.165) is 35.5 Å². The lowest BCUT2D eigenvalue weighted by atomic mass is 10.1. The van der Waals surface area contributed by atoms with Crippen LogP contribution < -0.4 is 10.5 Å². The number of unbranched alkanes of at least 4 members (excludes halogenated alkanes) is 1. The molecule has 7 nitrogen and oxygen atoms in total. The van der Waals surface area contributed by atoms with Crippen molar-refractivity contribution in [1.29, 1.82) is 0 Å². The summed E-state index contributed by atoms with van der Waals surface area (Å²) in [7, 11) is -3.50. The van der Waals surface area contributed by atoms with E-state index in [1.54, 1.807) is 18.2 Å². The highest BCUT2D eigenvalue weighted by atomic mass is 32.2. The number of carbonyl (C=O) groups is 2. The van der Waals surface area contributed by atoms with Crippen molar-refractivity contribution in [2.75, 3.05) is 12.3 Å². The molecule has 3 rings (SSSR count). The van der Waals surface area contributed by atoms with Gasteiger partial charge in [-0.2, -0.15) is 0 Å². The largest absolute Gasteiger partial charge is 0.391 e. The van der Waals surface area contributed by atoms with Crippen LogP contribution in [0.15, 0.2) is 71.6 Å². The van der Waals surface area contributed by atoms with Gasteiger partial charge < -0.3 is 9.50 Å². The lowest BCUT2D eigenvalue weighted by Gasteiger charge is -2.04. The van der Waals surface area contributed by atoms with Crippen LogP contribution in [0, 0.1) is 0 Å². The van der Waals surface area contributed by atoms with Gasteiger partial charge in [0.15, 0.2) is 0 Å². The Morgan fingerprint density at radius 1 is 0.974 bits per heavy atom. The van der Waals surface area contributed by atoms with Crippen LogP contribution >= 0.6 is 23.4 Å². The van der Waals surface area contributed by atoms with Crippen molar-refractivity contribution in [2.24, 2.45) is 5.14 Å². The summed E-state index contributed by atoms with van der Waals surface area (Å²) < 4.78 is 26.3. The van der Waals surface area contributed by atoms with Crippen LogP contribution in [0.2, 0.25) is 0 Å². The molecule has 0 radical (unpaired) electrons. The molecule has 38 heavy (non-hydrogen) atoms. The minimum absolute atomic E-state index is 0.148. The van der Waals surface area contributed by atoms with Crippen molar-refractivity contribution in [1.82, 2.24) is 5.32 Å². The van der Waals surface area contributed by atoms with E-state index in [-0.39, 0.29) is 29.7 Å². The molecule has 1 aromatic heterocycles. The Kier molecular flexibility index (Phi) is 16.3. The molecule has 0 aliphatic heterocycles. The van der Waals surface area contributed by atoms with E-state index in [1.807, 2.05) is 26.0 Å². The van der Waals surface area contributed by atoms with Gasteiger partial charge in [0.05, 0.1) is 28.2 Å². The zero-order valence-corrected chi connectivity index (χ0v) is 24.9. The summed E-state index contributed by atoms with van der Waals surface area (Å²) >= 11 is 2.64. The topological polar surface area (TPSA) is 116 Å². The lowest BCUT2D eigenvalue weighted by molar-refractivity contribution is -0.132. The first-order valence-electron chi connectivity index (χ1n) is 12.6. The van der Waals surface area contributed by atoms with Gasteiger partial charge in [0, 0.05) is 17.2 Å². The van der Waals surface area contributed by atoms with Gasteiger partial charge in [-0.25, -0.2) is 13.6 Å². The van der Waals surface area contributed by atoms with Crippen molar-refractivity contribution in [2.45, 2.75) is 58.3 Å². The molecule has 3 aromatic rings. The molecule has 1 amide bonds. The second kappa shape index (κ2) is 18.6. The van der Waals surface area contributed by atoms with Gasteiger partial charge in [-0.3, -0.25) is 9.59 Å². The molecular formula is C28H38N2O5S3. The van der Waals surface area contributed by atoms with Gasteiger partial charge in [-0.1, -0.05) is 76.6 Å². The Hall–Kier alpha value is -2.66. The summed E-state index contributed by atoms with van der Waals surface area (Å²) in [5, 5.41) is 7.60. The van der Waals surface area contributed by atoms with Crippen LogP contribution in [0.5, 0.6) is 0 Å². The van der Waals surface area contributed by atoms with Crippen molar-refractivity contribution < 1.29 is 22.2 Å². The number of nitrogens with two attached hydrogens (primary N) is 1. The third kappa shape index (κ3) is 12.7. The van der Waals surface area contributed by atoms with Gasteiger partial charge in [-0.05, 0) is 48.2 Å². The highest BCUT2D eigenvalue weighted by Gasteiger charge is 2.11. The number of hydrogen-bond acceptors (Lipinski definition) is 7. The molecule has 0 saturated carbocycles. The van der Waals surface area contributed by atoms with Crippen LogP contribution in [0.1, 0.15) is 62.2 Å². The molecule has 0 aliphatic rings. The first-order chi connectivity index (χ1) is 18.2. The maximum atomic E-state index is 12.2. The average Bonchev–Trinajstić information content (AvgIpc) is 3.43. The molecule has 1 heterocycles. The normalized spacial score (nSPS) is 10.3. The number of primary sulfonamides is 1. The summed E-state index contributed by atoms with van der Waals surface area (Å²) in [5.74, 6) is 0.360. The third-order valence-electron chi connectivity index (χ3n) is 4.90. The number of rotatable bonds is 11. The Morgan fingerprint density at radius 2 is 1.63 bits per heavy atom. The molecule has 3 N–H and O–H groups in total. The summed E-state index contributed by atoms with van der Waals surface area (Å²) in [4.78, 5) is 25.6. The highest BCUT2D eigenvalue weighted by Crippen LogP contribution is 2.28. The zero-order valence-electron chi connectivity index (χ0n) is 22.4. The number of thiophene rings is 1. The van der Waals surface area contributed by atoms with Crippen molar-refractivity contribution >= 4 is 45.3 Å². The van der Waals surface area contributed by atoms with Crippen LogP contribution in [-0.2, 0) is 25.4 Å². The van der Waals surface area contributed by atoms with E-state index in [9.17, 15) is 18.0 Å². The highest BCUT2D eigenvalue weighted by molar-refractivity contribution is 7.95. The van der Waals surface area contributed by atoms with Gasteiger partial charge in [0.25, 0.3) is 5.91 Å². The molecule has 10 heteroatoms. The molecule has 0 aliphatic carbocycles. The maximum Gasteiger partial charge on any atom is 0.319 e. The standard InChI is InChI=1S/C20H25NO3S2.C6H7NO2S.C2H6/c1-3-5-14-25-24-19(22)12-13-21-20(23)18-11-10-17(26-18)16-8-6-15(4-2)7-9-16;7-10(8,9)6-4-2-1-3-5-6;1-2/h6-11H,3-5,12-14H2,1-2H3,(H,21,23);1-5H,(H2,7,8,9);1-2H3. The molecule has 0 atom stereocenters. The van der Waals surface area contributed by atoms with Crippen LogP contribution in [0.4, 0.5) is 0 Å². The van der Waals surface area contributed by atoms with Crippen molar-refractivity contribution in [3.63, 3.8) is 0 Å². The smallest absolute Gasteiger partial charge is 0.319 e. The number of amides is 1. The van der Waals surface area contributed by atoms with Gasteiger partial charge in [-0.15, -0.1) is 11.3 Å². The second-order valence-corrected chi connectivity index (χ2v) is 11.2. The molecule has 0 fully saturated rings. The SMILES string of the molecule is CC.CCCCSOC(=O)CCNC(=O)c1ccc(-c2ccc(CC)cc2)s1.NS(=O)(=O)c1ccccc1.